The van der Waals surface area contributed by atoms with E-state index in [1.807, 2.05) is 36.0 Å². The molecular weight excluding hydrogens is 414 g/mol. The van der Waals surface area contributed by atoms with E-state index in [0.717, 1.165) is 36.2 Å². The summed E-state index contributed by atoms with van der Waals surface area (Å²) in [6, 6.07) is 13.0. The molecule has 1 aliphatic heterocycles. The summed E-state index contributed by atoms with van der Waals surface area (Å²) < 4.78 is 2.23. The molecule has 32 heavy (non-hydrogen) atoms. The predicted octanol–water partition coefficient (Wildman–Crippen LogP) is 6.18. The topological polar surface area (TPSA) is 49.0 Å². The third kappa shape index (κ3) is 5.66. The van der Waals surface area contributed by atoms with Gasteiger partial charge in [-0.2, -0.15) is 17.0 Å². The van der Waals surface area contributed by atoms with Crippen LogP contribution in [-0.2, 0) is 6.42 Å². The number of rotatable bonds is 11. The van der Waals surface area contributed by atoms with Crippen LogP contribution in [0.1, 0.15) is 79.7 Å². The van der Waals surface area contributed by atoms with Crippen LogP contribution in [0.4, 0.5) is 0 Å². The Balaban J connectivity index is 1.87. The second kappa shape index (κ2) is 11.7. The van der Waals surface area contributed by atoms with Gasteiger partial charge in [0.05, 0.1) is 18.2 Å². The van der Waals surface area contributed by atoms with Crippen LogP contribution < -0.4 is 0 Å². The molecule has 4 nitrogen and oxygen atoms in total. The molecule has 1 saturated heterocycles. The highest BCUT2D eigenvalue weighted by Gasteiger charge is 2.31. The van der Waals surface area contributed by atoms with E-state index >= 15 is 0 Å². The molecule has 0 radical (unpaired) electrons. The number of nitrogens with zero attached hydrogens (tertiary/aromatic N) is 3. The number of carbonyl (C=O) groups excluding carboxylic acids is 1. The van der Waals surface area contributed by atoms with Gasteiger partial charge in [-0.1, -0.05) is 13.3 Å². The number of unbranched alkanes of at least 4 members (excludes halogenated alkanes) is 2. The standard InChI is InChI=1S/C27H37N3OS/c1-5-23-13-10-20(2)29(23)19-27(31)26-17-25(9-7-6-8-16-32-4)30(21(26)3)24-14-11-22(18-28)12-15-24/h11-12,14-15,17,20,23H,5-10,13,16,19H2,1-4H3. The fourth-order valence-corrected chi connectivity index (χ4v) is 5.50. The first-order valence-electron chi connectivity index (χ1n) is 12.0. The van der Waals surface area contributed by atoms with E-state index in [-0.39, 0.29) is 5.78 Å². The van der Waals surface area contributed by atoms with Gasteiger partial charge in [0, 0.05) is 34.7 Å². The molecule has 172 valence electrons. The van der Waals surface area contributed by atoms with E-state index in [4.69, 9.17) is 5.26 Å². The summed E-state index contributed by atoms with van der Waals surface area (Å²) in [6.45, 7) is 7.04. The van der Waals surface area contributed by atoms with Gasteiger partial charge in [0.1, 0.15) is 0 Å². The van der Waals surface area contributed by atoms with Crippen LogP contribution in [0, 0.1) is 18.3 Å². The Kier molecular flexibility index (Phi) is 9.02. The van der Waals surface area contributed by atoms with Crippen LogP contribution in [0.15, 0.2) is 30.3 Å². The highest BCUT2D eigenvalue weighted by molar-refractivity contribution is 7.98. The molecule has 0 saturated carbocycles. The predicted molar refractivity (Wildman–Crippen MR) is 135 cm³/mol. The molecule has 0 aliphatic carbocycles. The van der Waals surface area contributed by atoms with Crippen molar-refractivity contribution < 1.29 is 4.79 Å². The van der Waals surface area contributed by atoms with E-state index in [1.54, 1.807) is 0 Å². The first-order valence-corrected chi connectivity index (χ1v) is 13.4. The molecule has 0 N–H and O–H groups in total. The summed E-state index contributed by atoms with van der Waals surface area (Å²) in [6.07, 6.45) is 10.1. The minimum absolute atomic E-state index is 0.228. The fourth-order valence-electron chi connectivity index (χ4n) is 5.01. The minimum Gasteiger partial charge on any atom is -0.317 e. The number of likely N-dealkylation sites (tertiary alicyclic amines) is 1. The molecule has 1 aromatic heterocycles. The Hall–Kier alpha value is -2.03. The van der Waals surface area contributed by atoms with Crippen LogP contribution >= 0.6 is 11.8 Å². The summed E-state index contributed by atoms with van der Waals surface area (Å²) >= 11 is 1.90. The number of thioether (sulfide) groups is 1. The highest BCUT2D eigenvalue weighted by Crippen LogP contribution is 2.28. The molecule has 2 atom stereocenters. The number of aromatic nitrogens is 1. The first kappa shape index (κ1) is 24.6. The molecule has 1 aromatic carbocycles. The number of Topliss-reactive ketones (excluding diaryl/α,β-unsaturated/α-hetero) is 1. The molecule has 0 bridgehead atoms. The molecule has 2 heterocycles. The Bertz CT molecular complexity index is 941. The Morgan fingerprint density at radius 2 is 1.94 bits per heavy atom. The molecule has 1 aliphatic rings. The average Bonchev–Trinajstić information content (AvgIpc) is 3.32. The monoisotopic (exact) mass is 451 g/mol. The zero-order valence-corrected chi connectivity index (χ0v) is 20.9. The SMILES string of the molecule is CCC1CCC(C)N1CC(=O)c1cc(CCCCCSC)n(-c2ccc(C#N)cc2)c1C. The van der Waals surface area contributed by atoms with Crippen molar-refractivity contribution in [2.24, 2.45) is 0 Å². The lowest BCUT2D eigenvalue weighted by atomic mass is 10.1. The van der Waals surface area contributed by atoms with Crippen molar-refractivity contribution in [1.82, 2.24) is 9.47 Å². The molecule has 0 spiro atoms. The number of benzene rings is 1. The summed E-state index contributed by atoms with van der Waals surface area (Å²) in [5.41, 5.74) is 4.74. The number of hydrogen-bond donors (Lipinski definition) is 0. The second-order valence-corrected chi connectivity index (χ2v) is 10.0. The number of aryl methyl sites for hydroxylation is 1. The van der Waals surface area contributed by atoms with E-state index < -0.39 is 0 Å². The fraction of sp³-hybridized carbons (Fsp3) is 0.556. The van der Waals surface area contributed by atoms with Crippen molar-refractivity contribution in [3.8, 4) is 11.8 Å². The van der Waals surface area contributed by atoms with Gasteiger partial charge in [-0.05, 0) is 94.7 Å². The van der Waals surface area contributed by atoms with E-state index in [2.05, 4.69) is 48.6 Å². The Labute approximate surface area is 198 Å². The van der Waals surface area contributed by atoms with Gasteiger partial charge < -0.3 is 4.57 Å². The lowest BCUT2D eigenvalue weighted by Crippen LogP contribution is -2.38. The quantitative estimate of drug-likeness (QED) is 0.302. The average molecular weight is 452 g/mol. The maximum Gasteiger partial charge on any atom is 0.178 e. The number of carbonyl (C=O) groups is 1. The Morgan fingerprint density at radius 3 is 2.59 bits per heavy atom. The zero-order valence-electron chi connectivity index (χ0n) is 20.1. The van der Waals surface area contributed by atoms with Crippen molar-refractivity contribution in [3.63, 3.8) is 0 Å². The van der Waals surface area contributed by atoms with Gasteiger partial charge in [0.25, 0.3) is 0 Å². The molecule has 3 rings (SSSR count). The van der Waals surface area contributed by atoms with Crippen LogP contribution in [0.3, 0.4) is 0 Å². The second-order valence-electron chi connectivity index (χ2n) is 9.02. The van der Waals surface area contributed by atoms with Crippen molar-refractivity contribution in [2.75, 3.05) is 18.6 Å². The van der Waals surface area contributed by atoms with Gasteiger partial charge in [-0.15, -0.1) is 0 Å². The summed E-state index contributed by atoms with van der Waals surface area (Å²) in [5, 5.41) is 9.16. The number of ketones is 1. The van der Waals surface area contributed by atoms with Gasteiger partial charge in [-0.25, -0.2) is 0 Å². The molecule has 1 fully saturated rings. The minimum atomic E-state index is 0.228. The van der Waals surface area contributed by atoms with E-state index in [1.165, 1.54) is 37.1 Å². The van der Waals surface area contributed by atoms with Crippen LogP contribution in [-0.4, -0.2) is 45.9 Å². The molecule has 2 unspecified atom stereocenters. The summed E-state index contributed by atoms with van der Waals surface area (Å²) in [7, 11) is 0. The lowest BCUT2D eigenvalue weighted by molar-refractivity contribution is 0.0888. The van der Waals surface area contributed by atoms with Crippen LogP contribution in [0.2, 0.25) is 0 Å². The maximum atomic E-state index is 13.4. The summed E-state index contributed by atoms with van der Waals surface area (Å²) in [5.74, 6) is 1.43. The first-order chi connectivity index (χ1) is 15.5. The summed E-state index contributed by atoms with van der Waals surface area (Å²) in [4.78, 5) is 15.8. The number of nitriles is 1. The molecule has 5 heteroatoms. The van der Waals surface area contributed by atoms with Crippen molar-refractivity contribution in [3.05, 3.63) is 52.8 Å². The maximum absolute atomic E-state index is 13.4. The van der Waals surface area contributed by atoms with Crippen molar-refractivity contribution >= 4 is 17.5 Å². The van der Waals surface area contributed by atoms with Crippen LogP contribution in [0.5, 0.6) is 0 Å². The van der Waals surface area contributed by atoms with E-state index in [0.29, 0.717) is 24.2 Å². The van der Waals surface area contributed by atoms with Gasteiger partial charge in [0.2, 0.25) is 0 Å². The van der Waals surface area contributed by atoms with Gasteiger partial charge in [-0.3, -0.25) is 9.69 Å². The van der Waals surface area contributed by atoms with Crippen LogP contribution in [0.25, 0.3) is 5.69 Å². The molecular formula is C27H37N3OS. The largest absolute Gasteiger partial charge is 0.317 e. The molecule has 0 amide bonds. The third-order valence-corrected chi connectivity index (χ3v) is 7.61. The highest BCUT2D eigenvalue weighted by atomic mass is 32.2. The smallest absolute Gasteiger partial charge is 0.178 e. The van der Waals surface area contributed by atoms with Gasteiger partial charge >= 0.3 is 0 Å². The zero-order chi connectivity index (χ0) is 23.1. The molecule has 2 aromatic rings. The third-order valence-electron chi connectivity index (χ3n) is 6.91. The van der Waals surface area contributed by atoms with Gasteiger partial charge in [0.15, 0.2) is 5.78 Å². The van der Waals surface area contributed by atoms with Crippen molar-refractivity contribution in [1.29, 1.82) is 5.26 Å². The Morgan fingerprint density at radius 1 is 1.19 bits per heavy atom. The number of hydrogen-bond acceptors (Lipinski definition) is 4. The van der Waals surface area contributed by atoms with Crippen molar-refractivity contribution in [2.45, 2.75) is 77.8 Å². The van der Waals surface area contributed by atoms with E-state index in [9.17, 15) is 4.79 Å². The normalized spacial score (nSPS) is 18.7. The lowest BCUT2D eigenvalue weighted by Gasteiger charge is -2.26.